The predicted molar refractivity (Wildman–Crippen MR) is 251 cm³/mol. The highest BCUT2D eigenvalue weighted by atomic mass is 32.2. The van der Waals surface area contributed by atoms with Crippen LogP contribution in [0.4, 0.5) is 24.8 Å². The molecule has 2 aromatic carbocycles. The van der Waals surface area contributed by atoms with Gasteiger partial charge in [-0.3, -0.25) is 9.69 Å². The summed E-state index contributed by atoms with van der Waals surface area (Å²) < 4.78 is 24.4. The van der Waals surface area contributed by atoms with E-state index in [0.29, 0.717) is 30.8 Å². The van der Waals surface area contributed by atoms with Crippen LogP contribution in [0, 0.1) is 0 Å². The molecule has 348 valence electrons. The van der Waals surface area contributed by atoms with Gasteiger partial charge in [0.15, 0.2) is 12.3 Å². The summed E-state index contributed by atoms with van der Waals surface area (Å²) >= 11 is 0.0556. The van der Waals surface area contributed by atoms with Crippen LogP contribution in [-0.2, 0) is 32.2 Å². The van der Waals surface area contributed by atoms with Crippen molar-refractivity contribution in [3.8, 4) is 22.5 Å². The predicted octanol–water partition coefficient (Wildman–Crippen LogP) is 7.96. The van der Waals surface area contributed by atoms with Gasteiger partial charge in [-0.05, 0) is 56.3 Å². The quantitative estimate of drug-likeness (QED) is 0.0876. The lowest BCUT2D eigenvalue weighted by atomic mass is 10.1. The number of methoxy groups -OCH3 is 2. The van der Waals surface area contributed by atoms with Gasteiger partial charge < -0.3 is 44.6 Å². The Kier molecular flexibility index (Phi) is 25.9. The summed E-state index contributed by atoms with van der Waals surface area (Å²) in [5, 5.41) is 4.56. The fourth-order valence-electron chi connectivity index (χ4n) is 6.24. The van der Waals surface area contributed by atoms with Crippen molar-refractivity contribution in [2.24, 2.45) is 0 Å². The molecular formula is C45H69FN10O6S. The van der Waals surface area contributed by atoms with Crippen LogP contribution < -0.4 is 20.4 Å². The third-order valence-corrected chi connectivity index (χ3v) is 9.67. The summed E-state index contributed by atoms with van der Waals surface area (Å²) in [6.45, 7) is 18.4. The fraction of sp³-hybridized carbons (Fsp3) is 0.511. The number of carbonyl (C=O) groups excluding carboxylic acids is 4. The number of hydrogen-bond acceptors (Lipinski definition) is 12. The van der Waals surface area contributed by atoms with E-state index in [0.717, 1.165) is 74.0 Å². The van der Waals surface area contributed by atoms with Crippen LogP contribution in [0.25, 0.3) is 22.5 Å². The molecule has 3 N–H and O–H groups in total. The molecule has 1 aliphatic rings. The van der Waals surface area contributed by atoms with Gasteiger partial charge >= 0.3 is 12.2 Å². The molecule has 1 fully saturated rings. The molecule has 3 heterocycles. The van der Waals surface area contributed by atoms with Crippen molar-refractivity contribution < 1.29 is 32.5 Å². The lowest BCUT2D eigenvalue weighted by Crippen LogP contribution is -2.46. The van der Waals surface area contributed by atoms with E-state index in [9.17, 15) is 23.1 Å². The number of anilines is 2. The first-order valence-corrected chi connectivity index (χ1v) is 22.3. The van der Waals surface area contributed by atoms with Crippen LogP contribution in [-0.4, -0.2) is 127 Å². The molecule has 0 aliphatic carbocycles. The number of rotatable bonds is 17. The van der Waals surface area contributed by atoms with Crippen LogP contribution in [0.1, 0.15) is 78.9 Å². The number of halogens is 1. The first-order valence-electron chi connectivity index (χ1n) is 21.6. The van der Waals surface area contributed by atoms with Gasteiger partial charge in [-0.25, -0.2) is 23.5 Å². The number of hydrogen-bond donors (Lipinski definition) is 3. The number of carbonyl (C=O) groups is 4. The van der Waals surface area contributed by atoms with Gasteiger partial charge in [-0.2, -0.15) is 0 Å². The number of piperazine rings is 1. The highest BCUT2D eigenvalue weighted by Crippen LogP contribution is 2.30. The van der Waals surface area contributed by atoms with Gasteiger partial charge in [0.1, 0.15) is 24.5 Å². The zero-order chi connectivity index (χ0) is 46.6. The maximum absolute atomic E-state index is 14.3. The second-order valence-corrected chi connectivity index (χ2v) is 15.1. The van der Waals surface area contributed by atoms with E-state index in [4.69, 9.17) is 0 Å². The smallest absolute Gasteiger partial charge is 0.407 e. The van der Waals surface area contributed by atoms with Gasteiger partial charge in [0.2, 0.25) is 5.91 Å². The minimum absolute atomic E-state index is 0.00662. The second-order valence-electron chi connectivity index (χ2n) is 14.6. The molecule has 1 saturated heterocycles. The number of ether oxygens (including phenoxy) is 2. The van der Waals surface area contributed by atoms with E-state index < -0.39 is 12.2 Å². The first kappa shape index (κ1) is 53.5. The third kappa shape index (κ3) is 18.3. The number of aromatic nitrogens is 4. The van der Waals surface area contributed by atoms with Gasteiger partial charge in [0.25, 0.3) is 0 Å². The van der Waals surface area contributed by atoms with Gasteiger partial charge in [-0.15, -0.1) is 3.89 Å². The van der Waals surface area contributed by atoms with E-state index in [1.54, 1.807) is 11.1 Å². The molecule has 3 amide bonds. The molecule has 2 aromatic heterocycles. The van der Waals surface area contributed by atoms with Crippen molar-refractivity contribution in [1.82, 2.24) is 39.4 Å². The SMILES string of the molecule is CCC.CCC.CCCN(C)Cc1ncc(-c2ccc(N3CCN(c4ccc(-c5cnc(CN(CCC)C(=O)CNC(=O)OC)n5SF)cc4)CC3)cc2)[nH]1.COC(=O)NCC=O. The van der Waals surface area contributed by atoms with E-state index in [-0.39, 0.29) is 37.9 Å². The van der Waals surface area contributed by atoms with E-state index in [2.05, 4.69) is 128 Å². The highest BCUT2D eigenvalue weighted by molar-refractivity contribution is 7.92. The molecule has 0 unspecified atom stereocenters. The van der Waals surface area contributed by atoms with Crippen molar-refractivity contribution in [3.05, 3.63) is 72.6 Å². The number of H-pyrrole nitrogens is 1. The number of nitrogens with one attached hydrogen (secondary N) is 3. The summed E-state index contributed by atoms with van der Waals surface area (Å²) in [4.78, 5) is 64.8. The first-order chi connectivity index (χ1) is 30.5. The van der Waals surface area contributed by atoms with Gasteiger partial charge in [0, 0.05) is 49.7 Å². The summed E-state index contributed by atoms with van der Waals surface area (Å²) in [6, 6.07) is 16.7. The molecule has 4 aromatic rings. The molecule has 0 bridgehead atoms. The number of amides is 3. The number of alkyl carbamates (subject to hydrolysis) is 2. The second kappa shape index (κ2) is 30.4. The minimum Gasteiger partial charge on any atom is -0.453 e. The van der Waals surface area contributed by atoms with Crippen LogP contribution in [0.2, 0.25) is 0 Å². The summed E-state index contributed by atoms with van der Waals surface area (Å²) in [7, 11) is 4.59. The van der Waals surface area contributed by atoms with E-state index in [1.165, 1.54) is 36.7 Å². The monoisotopic (exact) mass is 897 g/mol. The summed E-state index contributed by atoms with van der Waals surface area (Å²) in [5.74, 6) is 1.08. The lowest BCUT2D eigenvalue weighted by Gasteiger charge is -2.37. The summed E-state index contributed by atoms with van der Waals surface area (Å²) in [6.07, 6.45) is 7.17. The summed E-state index contributed by atoms with van der Waals surface area (Å²) in [5.41, 5.74) is 5.89. The zero-order valence-corrected chi connectivity index (χ0v) is 39.4. The maximum atomic E-state index is 14.3. The molecule has 0 saturated carbocycles. The molecule has 0 spiro atoms. The number of aldehydes is 1. The Labute approximate surface area is 377 Å². The topological polar surface area (TPSA) is 170 Å². The fourth-order valence-corrected chi connectivity index (χ4v) is 6.65. The van der Waals surface area contributed by atoms with Crippen LogP contribution in [0.15, 0.2) is 60.9 Å². The van der Waals surface area contributed by atoms with Crippen molar-refractivity contribution >= 4 is 48.1 Å². The van der Waals surface area contributed by atoms with Crippen LogP contribution in [0.3, 0.4) is 0 Å². The Bertz CT molecular complexity index is 1900. The Morgan fingerprint density at radius 1 is 0.778 bits per heavy atom. The number of aromatic amines is 1. The maximum Gasteiger partial charge on any atom is 0.407 e. The average Bonchev–Trinajstić information content (AvgIpc) is 3.95. The van der Waals surface area contributed by atoms with Crippen molar-refractivity contribution in [3.63, 3.8) is 0 Å². The van der Waals surface area contributed by atoms with Crippen LogP contribution >= 0.6 is 12.3 Å². The molecule has 18 heteroatoms. The molecule has 5 rings (SSSR count). The third-order valence-electron chi connectivity index (χ3n) is 9.13. The largest absolute Gasteiger partial charge is 0.453 e. The normalized spacial score (nSPS) is 11.8. The minimum atomic E-state index is -0.685. The van der Waals surface area contributed by atoms with Gasteiger partial charge in [0.05, 0.1) is 57.6 Å². The van der Waals surface area contributed by atoms with Crippen molar-refractivity contribution in [2.45, 2.75) is 80.3 Å². The molecule has 0 radical (unpaired) electrons. The van der Waals surface area contributed by atoms with Crippen LogP contribution in [0.5, 0.6) is 0 Å². The Hall–Kier alpha value is -5.62. The number of benzene rings is 2. The Morgan fingerprint density at radius 2 is 1.30 bits per heavy atom. The average molecular weight is 897 g/mol. The molecule has 16 nitrogen and oxygen atoms in total. The Balaban J connectivity index is 0.000000849. The Morgan fingerprint density at radius 3 is 1.79 bits per heavy atom. The zero-order valence-electron chi connectivity index (χ0n) is 38.6. The van der Waals surface area contributed by atoms with Gasteiger partial charge in [-0.1, -0.05) is 78.6 Å². The van der Waals surface area contributed by atoms with Crippen molar-refractivity contribution in [1.29, 1.82) is 0 Å². The van der Waals surface area contributed by atoms with E-state index in [1.807, 2.05) is 25.3 Å². The lowest BCUT2D eigenvalue weighted by molar-refractivity contribution is -0.131. The van der Waals surface area contributed by atoms with Crippen molar-refractivity contribution in [2.75, 3.05) is 83.4 Å². The highest BCUT2D eigenvalue weighted by Gasteiger charge is 2.22. The molecule has 1 aliphatic heterocycles. The molecular weight excluding hydrogens is 828 g/mol. The molecule has 0 atom stereocenters. The van der Waals surface area contributed by atoms with E-state index >= 15 is 0 Å². The number of nitrogens with zero attached hydrogens (tertiary/aromatic N) is 7. The number of imidazole rings is 2. The molecule has 63 heavy (non-hydrogen) atoms. The standard InChI is InChI=1S/C35H46FN9O3S.C4H7NO3.2C3H8/c1-5-15-41(3)24-32-37-21-30(40-32)26-7-11-28(12-8-26)42-17-19-43(20-18-42)29-13-9-27(10-14-29)31-22-38-33(45(31)49-36)25-44(16-6-2)34(46)23-39-35(47)48-4;1-8-4(7)5-2-3-6;2*1-3-2/h7-14,21-22H,5-6,15-20,23-25H2,1-4H3,(H,37,40)(H,39,47);3H,2H2,1H3,(H,5,7);2*3H2,1-2H3.